The zero-order chi connectivity index (χ0) is 65.6. The lowest BCUT2D eigenvalue weighted by molar-refractivity contribution is -0.161. The molecule has 0 fully saturated rings. The summed E-state index contributed by atoms with van der Waals surface area (Å²) in [5, 5.41) is 10.6. The molecule has 0 heterocycles. The minimum atomic E-state index is -4.95. The van der Waals surface area contributed by atoms with E-state index >= 15 is 0 Å². The summed E-state index contributed by atoms with van der Waals surface area (Å²) in [5.74, 6) is -1.38. The van der Waals surface area contributed by atoms with E-state index in [1.165, 1.54) is 173 Å². The molecule has 0 rings (SSSR count). The first kappa shape index (κ1) is 87.1. The van der Waals surface area contributed by atoms with Gasteiger partial charge in [0.25, 0.3) is 0 Å². The number of hydrogen-bond acceptors (Lipinski definition) is 15. The lowest BCUT2D eigenvalue weighted by atomic mass is 10.0. The maximum atomic E-state index is 13.0. The Morgan fingerprint density at radius 1 is 0.303 bits per heavy atom. The second-order valence-corrected chi connectivity index (χ2v) is 28.7. The summed E-state index contributed by atoms with van der Waals surface area (Å²) in [6, 6.07) is 0. The van der Waals surface area contributed by atoms with E-state index in [-0.39, 0.29) is 25.7 Å². The quantitative estimate of drug-likeness (QED) is 0.0222. The Morgan fingerprint density at radius 3 is 0.764 bits per heavy atom. The smallest absolute Gasteiger partial charge is 0.462 e. The monoisotopic (exact) mass is 1310 g/mol. The van der Waals surface area contributed by atoms with Crippen molar-refractivity contribution in [2.45, 2.75) is 380 Å². The fraction of sp³-hybridized carbons (Fsp3) is 0.943. The van der Waals surface area contributed by atoms with Gasteiger partial charge in [-0.1, -0.05) is 311 Å². The highest BCUT2D eigenvalue weighted by atomic mass is 31.2. The predicted octanol–water partition coefficient (Wildman–Crippen LogP) is 20.1. The van der Waals surface area contributed by atoms with Gasteiger partial charge in [0.05, 0.1) is 26.4 Å². The molecule has 89 heavy (non-hydrogen) atoms. The van der Waals surface area contributed by atoms with Crippen molar-refractivity contribution < 1.29 is 80.2 Å². The van der Waals surface area contributed by atoms with Crippen LogP contribution in [0.2, 0.25) is 0 Å². The number of phosphoric acid groups is 2. The first-order valence-corrected chi connectivity index (χ1v) is 39.6. The topological polar surface area (TPSA) is 237 Å². The average Bonchev–Trinajstić information content (AvgIpc) is 3.72. The Hall–Kier alpha value is -1.94. The number of phosphoric ester groups is 2. The second-order valence-electron chi connectivity index (χ2n) is 25.7. The van der Waals surface area contributed by atoms with E-state index in [0.717, 1.165) is 109 Å². The number of aliphatic hydroxyl groups is 1. The normalized spacial score (nSPS) is 14.1. The molecule has 0 aliphatic carbocycles. The van der Waals surface area contributed by atoms with Crippen LogP contribution < -0.4 is 0 Å². The van der Waals surface area contributed by atoms with E-state index in [9.17, 15) is 43.2 Å². The van der Waals surface area contributed by atoms with Crippen molar-refractivity contribution in [2.24, 2.45) is 5.92 Å². The van der Waals surface area contributed by atoms with Crippen LogP contribution in [0.1, 0.15) is 362 Å². The molecule has 5 atom stereocenters. The lowest BCUT2D eigenvalue weighted by Crippen LogP contribution is -2.30. The van der Waals surface area contributed by atoms with Gasteiger partial charge >= 0.3 is 39.5 Å². The molecule has 17 nitrogen and oxygen atoms in total. The molecule has 0 saturated heterocycles. The molecule has 3 N–H and O–H groups in total. The Kier molecular flexibility index (Phi) is 62.1. The van der Waals surface area contributed by atoms with E-state index in [1.807, 2.05) is 0 Å². The van der Waals surface area contributed by atoms with Crippen LogP contribution in [0.5, 0.6) is 0 Å². The summed E-state index contributed by atoms with van der Waals surface area (Å²) in [6.07, 6.45) is 50.1. The standard InChI is InChI=1S/C70H136O17P2/c1-6-9-12-15-18-20-22-23-24-25-26-27-28-29-31-35-41-46-51-56-70(75)87-66(60-81-68(73)54-49-44-39-36-32-33-38-42-47-52-63(4)5)62-85-89(78,79)83-58-64(71)57-82-88(76,77)84-61-65(59-80-67(72)53-48-43-37-17-14-11-8-3)86-69(74)55-50-45-40-34-30-21-19-16-13-10-7-2/h63-66,71H,6-62H2,1-5H3,(H,76,77)(H,78,79)/t64-,65+,66+/m0/s1. The lowest BCUT2D eigenvalue weighted by Gasteiger charge is -2.21. The van der Waals surface area contributed by atoms with Crippen molar-refractivity contribution >= 4 is 39.5 Å². The third-order valence-corrected chi connectivity index (χ3v) is 18.2. The van der Waals surface area contributed by atoms with Crippen LogP contribution in [0.4, 0.5) is 0 Å². The van der Waals surface area contributed by atoms with Gasteiger partial charge in [-0.05, 0) is 31.6 Å². The minimum absolute atomic E-state index is 0.107. The van der Waals surface area contributed by atoms with Gasteiger partial charge in [0, 0.05) is 25.7 Å². The van der Waals surface area contributed by atoms with Gasteiger partial charge in [0.15, 0.2) is 12.2 Å². The fourth-order valence-corrected chi connectivity index (χ4v) is 12.2. The molecule has 0 spiro atoms. The molecule has 0 radical (unpaired) electrons. The number of carbonyl (C=O) groups excluding carboxylic acids is 4. The molecule has 0 aromatic heterocycles. The van der Waals surface area contributed by atoms with Crippen LogP contribution in [0.15, 0.2) is 0 Å². The number of rotatable bonds is 70. The molecule has 0 amide bonds. The van der Waals surface area contributed by atoms with Gasteiger partial charge in [0.1, 0.15) is 19.3 Å². The maximum absolute atomic E-state index is 13.0. The SMILES string of the molecule is CCCCCCCCCCCCCCCCCCCCCC(=O)O[C@H](COC(=O)CCCCCCCCCCCC(C)C)COP(=O)(O)OC[C@@H](O)COP(=O)(O)OC[C@@H](COC(=O)CCCCCCCCC)OC(=O)CCCCCCCCCCCCC. The maximum Gasteiger partial charge on any atom is 0.472 e. The Bertz CT molecular complexity index is 1720. The highest BCUT2D eigenvalue weighted by Crippen LogP contribution is 2.45. The van der Waals surface area contributed by atoms with Crippen LogP contribution in [-0.4, -0.2) is 96.7 Å². The van der Waals surface area contributed by atoms with Gasteiger partial charge < -0.3 is 33.8 Å². The molecule has 528 valence electrons. The molecule has 0 aliphatic heterocycles. The van der Waals surface area contributed by atoms with Crippen molar-refractivity contribution in [3.8, 4) is 0 Å². The molecule has 0 bridgehead atoms. The van der Waals surface area contributed by atoms with E-state index in [2.05, 4.69) is 34.6 Å². The van der Waals surface area contributed by atoms with E-state index in [1.54, 1.807) is 0 Å². The summed E-state index contributed by atoms with van der Waals surface area (Å²) < 4.78 is 68.2. The van der Waals surface area contributed by atoms with Crippen molar-refractivity contribution in [1.29, 1.82) is 0 Å². The number of unbranched alkanes of at least 4 members (excludes halogenated alkanes) is 42. The third-order valence-electron chi connectivity index (χ3n) is 16.3. The van der Waals surface area contributed by atoms with Crippen LogP contribution in [0.25, 0.3) is 0 Å². The molecule has 2 unspecified atom stereocenters. The van der Waals surface area contributed by atoms with Crippen molar-refractivity contribution in [2.75, 3.05) is 39.6 Å². The molecule has 0 saturated carbocycles. The van der Waals surface area contributed by atoms with Crippen LogP contribution in [0, 0.1) is 5.92 Å². The molecular formula is C70H136O17P2. The first-order chi connectivity index (χ1) is 43.0. The zero-order valence-electron chi connectivity index (χ0n) is 57.6. The van der Waals surface area contributed by atoms with Crippen molar-refractivity contribution in [3.63, 3.8) is 0 Å². The third kappa shape index (κ3) is 64.6. The van der Waals surface area contributed by atoms with Crippen LogP contribution in [0.3, 0.4) is 0 Å². The molecule has 0 aliphatic rings. The summed E-state index contributed by atoms with van der Waals surface area (Å²) >= 11 is 0. The summed E-state index contributed by atoms with van der Waals surface area (Å²) in [5.41, 5.74) is 0. The Morgan fingerprint density at radius 2 is 0.517 bits per heavy atom. The molecule has 19 heteroatoms. The number of hydrogen-bond donors (Lipinski definition) is 3. The molecular weight excluding hydrogens is 1170 g/mol. The van der Waals surface area contributed by atoms with E-state index in [0.29, 0.717) is 25.7 Å². The van der Waals surface area contributed by atoms with E-state index in [4.69, 9.17) is 37.0 Å². The summed E-state index contributed by atoms with van der Waals surface area (Å²) in [4.78, 5) is 72.4. The van der Waals surface area contributed by atoms with Crippen LogP contribution in [-0.2, 0) is 65.4 Å². The van der Waals surface area contributed by atoms with Gasteiger partial charge in [-0.3, -0.25) is 37.3 Å². The van der Waals surface area contributed by atoms with Gasteiger partial charge in [-0.2, -0.15) is 0 Å². The van der Waals surface area contributed by atoms with Crippen molar-refractivity contribution in [1.82, 2.24) is 0 Å². The predicted molar refractivity (Wildman–Crippen MR) is 358 cm³/mol. The molecule has 0 aromatic carbocycles. The first-order valence-electron chi connectivity index (χ1n) is 36.6. The number of esters is 4. The second kappa shape index (κ2) is 63.5. The van der Waals surface area contributed by atoms with Gasteiger partial charge in [0.2, 0.25) is 0 Å². The average molecular weight is 1310 g/mol. The molecule has 0 aromatic rings. The van der Waals surface area contributed by atoms with Gasteiger partial charge in [-0.15, -0.1) is 0 Å². The fourth-order valence-electron chi connectivity index (χ4n) is 10.6. The Labute approximate surface area is 543 Å². The Balaban J connectivity index is 5.17. The van der Waals surface area contributed by atoms with Crippen molar-refractivity contribution in [3.05, 3.63) is 0 Å². The summed E-state index contributed by atoms with van der Waals surface area (Å²) in [7, 11) is -9.89. The zero-order valence-corrected chi connectivity index (χ0v) is 59.4. The minimum Gasteiger partial charge on any atom is -0.462 e. The number of aliphatic hydroxyl groups excluding tert-OH is 1. The van der Waals surface area contributed by atoms with E-state index < -0.39 is 97.5 Å². The van der Waals surface area contributed by atoms with Gasteiger partial charge in [-0.25, -0.2) is 9.13 Å². The summed E-state index contributed by atoms with van der Waals surface area (Å²) in [6.45, 7) is 7.18. The highest BCUT2D eigenvalue weighted by molar-refractivity contribution is 7.47. The number of carbonyl (C=O) groups is 4. The highest BCUT2D eigenvalue weighted by Gasteiger charge is 2.30. The number of ether oxygens (including phenoxy) is 4. The largest absolute Gasteiger partial charge is 0.472 e. The van der Waals surface area contributed by atoms with Crippen LogP contribution >= 0.6 is 15.6 Å².